The number of hydrogen-bond donors (Lipinski definition) is 0. The van der Waals surface area contributed by atoms with Gasteiger partial charge in [-0.1, -0.05) is 5.16 Å². The lowest BCUT2D eigenvalue weighted by molar-refractivity contribution is -0.136. The Morgan fingerprint density at radius 3 is 2.82 bits per heavy atom. The van der Waals surface area contributed by atoms with E-state index in [-0.39, 0.29) is 11.5 Å². The number of carbonyl (C=O) groups is 1. The van der Waals surface area contributed by atoms with Gasteiger partial charge in [-0.15, -0.1) is 11.6 Å². The van der Waals surface area contributed by atoms with Crippen molar-refractivity contribution in [3.8, 4) is 0 Å². The lowest BCUT2D eigenvalue weighted by Gasteiger charge is -2.36. The average molecular weight is 261 g/mol. The number of piperidine rings is 1. The zero-order valence-corrected chi connectivity index (χ0v) is 10.7. The van der Waals surface area contributed by atoms with Gasteiger partial charge in [0.1, 0.15) is 5.60 Å². The molecular formula is C11H17ClN2O3. The third kappa shape index (κ3) is 2.65. The maximum Gasteiger partial charge on any atom is 0.229 e. The molecule has 0 radical (unpaired) electrons. The summed E-state index contributed by atoms with van der Waals surface area (Å²) in [4.78, 5) is 19.0. The highest BCUT2D eigenvalue weighted by molar-refractivity contribution is 6.18. The van der Waals surface area contributed by atoms with Gasteiger partial charge in [0, 0.05) is 38.2 Å². The van der Waals surface area contributed by atoms with Gasteiger partial charge >= 0.3 is 0 Å². The molecule has 0 aromatic carbocycles. The predicted octanol–water partition coefficient (Wildman–Crippen LogP) is 1.36. The average Bonchev–Trinajstić information content (AvgIpc) is 2.74. The van der Waals surface area contributed by atoms with Gasteiger partial charge in [-0.3, -0.25) is 4.79 Å². The van der Waals surface area contributed by atoms with E-state index in [1.807, 2.05) is 4.90 Å². The molecule has 0 atom stereocenters. The summed E-state index contributed by atoms with van der Waals surface area (Å²) in [7, 11) is 1.60. The molecule has 1 spiro atoms. The highest BCUT2D eigenvalue weighted by Gasteiger charge is 2.43. The number of alkyl halides is 1. The van der Waals surface area contributed by atoms with Gasteiger partial charge < -0.3 is 14.5 Å². The first-order valence-electron chi connectivity index (χ1n) is 5.82. The van der Waals surface area contributed by atoms with Crippen molar-refractivity contribution in [2.75, 3.05) is 26.1 Å². The molecule has 2 rings (SSSR count). The molecule has 0 aromatic heterocycles. The molecule has 0 N–H and O–H groups in total. The molecule has 1 amide bonds. The number of carbonyl (C=O) groups excluding carboxylic acids is 1. The van der Waals surface area contributed by atoms with Gasteiger partial charge in [0.15, 0.2) is 0 Å². The van der Waals surface area contributed by atoms with Crippen LogP contribution < -0.4 is 0 Å². The van der Waals surface area contributed by atoms with E-state index in [0.29, 0.717) is 37.7 Å². The molecule has 5 nitrogen and oxygen atoms in total. The first-order chi connectivity index (χ1) is 8.19. The fourth-order valence-electron chi connectivity index (χ4n) is 2.27. The monoisotopic (exact) mass is 260 g/mol. The third-order valence-corrected chi connectivity index (χ3v) is 3.57. The Morgan fingerprint density at radius 2 is 2.29 bits per heavy atom. The van der Waals surface area contributed by atoms with Crippen molar-refractivity contribution in [1.82, 2.24) is 4.90 Å². The van der Waals surface area contributed by atoms with Crippen molar-refractivity contribution in [2.24, 2.45) is 5.16 Å². The van der Waals surface area contributed by atoms with Gasteiger partial charge in [-0.25, -0.2) is 0 Å². The van der Waals surface area contributed by atoms with E-state index in [4.69, 9.17) is 21.2 Å². The standard InChI is InChI=1S/C11H17ClN2O3/c1-16-9-8-11(17-13-9)3-6-14(7-4-11)10(15)2-5-12/h2-8H2,1H3. The zero-order valence-electron chi connectivity index (χ0n) is 9.95. The predicted molar refractivity (Wildman–Crippen MR) is 64.0 cm³/mol. The van der Waals surface area contributed by atoms with Crippen molar-refractivity contribution >= 4 is 23.4 Å². The summed E-state index contributed by atoms with van der Waals surface area (Å²) in [5.41, 5.74) is -0.247. The van der Waals surface area contributed by atoms with Gasteiger partial charge in [0.05, 0.1) is 13.5 Å². The largest absolute Gasteiger partial charge is 0.482 e. The first kappa shape index (κ1) is 12.5. The second-order valence-electron chi connectivity index (χ2n) is 4.46. The quantitative estimate of drug-likeness (QED) is 0.705. The summed E-state index contributed by atoms with van der Waals surface area (Å²) >= 11 is 5.57. The summed E-state index contributed by atoms with van der Waals surface area (Å²) in [5.74, 6) is 1.15. The minimum Gasteiger partial charge on any atom is -0.482 e. The molecule has 0 saturated carbocycles. The molecule has 2 heterocycles. The Labute approximate surface area is 106 Å². The molecule has 0 unspecified atom stereocenters. The van der Waals surface area contributed by atoms with Crippen LogP contribution in [0, 0.1) is 0 Å². The molecular weight excluding hydrogens is 244 g/mol. The molecule has 17 heavy (non-hydrogen) atoms. The number of halogens is 1. The van der Waals surface area contributed by atoms with Crippen molar-refractivity contribution in [2.45, 2.75) is 31.3 Å². The SMILES string of the molecule is COC1=NOC2(CCN(C(=O)CCCl)CC2)C1. The molecule has 96 valence electrons. The Balaban J connectivity index is 1.85. The molecule has 2 aliphatic rings. The Kier molecular flexibility index (Phi) is 3.76. The van der Waals surface area contributed by atoms with E-state index in [1.165, 1.54) is 0 Å². The van der Waals surface area contributed by atoms with Gasteiger partial charge in [0.25, 0.3) is 0 Å². The second-order valence-corrected chi connectivity index (χ2v) is 4.84. The van der Waals surface area contributed by atoms with Crippen LogP contribution in [0.1, 0.15) is 25.7 Å². The van der Waals surface area contributed by atoms with Gasteiger partial charge in [0.2, 0.25) is 11.8 Å². The third-order valence-electron chi connectivity index (χ3n) is 3.39. The summed E-state index contributed by atoms with van der Waals surface area (Å²) in [5, 5.41) is 3.91. The van der Waals surface area contributed by atoms with Gasteiger partial charge in [-0.2, -0.15) is 0 Å². The highest BCUT2D eigenvalue weighted by atomic mass is 35.5. The number of likely N-dealkylation sites (tertiary alicyclic amines) is 1. The second kappa shape index (κ2) is 5.12. The number of hydrogen-bond acceptors (Lipinski definition) is 4. The summed E-state index contributed by atoms with van der Waals surface area (Å²) < 4.78 is 5.08. The molecule has 1 saturated heterocycles. The lowest BCUT2D eigenvalue weighted by atomic mass is 9.88. The van der Waals surface area contributed by atoms with E-state index in [1.54, 1.807) is 7.11 Å². The van der Waals surface area contributed by atoms with E-state index in [0.717, 1.165) is 12.8 Å². The molecule has 0 aromatic rings. The van der Waals surface area contributed by atoms with Crippen molar-refractivity contribution in [1.29, 1.82) is 0 Å². The number of amides is 1. The van der Waals surface area contributed by atoms with Crippen LogP contribution in [0.5, 0.6) is 0 Å². The zero-order chi connectivity index (χ0) is 12.3. The number of rotatable bonds is 2. The molecule has 1 fully saturated rings. The number of ether oxygens (including phenoxy) is 1. The minimum absolute atomic E-state index is 0.126. The van der Waals surface area contributed by atoms with Crippen LogP contribution in [0.25, 0.3) is 0 Å². The minimum atomic E-state index is -0.247. The Hall–Kier alpha value is -0.970. The van der Waals surface area contributed by atoms with Crippen LogP contribution in [0.4, 0.5) is 0 Å². The smallest absolute Gasteiger partial charge is 0.229 e. The molecule has 0 bridgehead atoms. The van der Waals surface area contributed by atoms with Crippen LogP contribution in [0.3, 0.4) is 0 Å². The topological polar surface area (TPSA) is 51.1 Å². The van der Waals surface area contributed by atoms with Crippen LogP contribution >= 0.6 is 11.6 Å². The van der Waals surface area contributed by atoms with Crippen molar-refractivity contribution in [3.63, 3.8) is 0 Å². The van der Waals surface area contributed by atoms with E-state index in [2.05, 4.69) is 5.16 Å². The molecule has 6 heteroatoms. The van der Waals surface area contributed by atoms with Crippen molar-refractivity contribution in [3.05, 3.63) is 0 Å². The fourth-order valence-corrected chi connectivity index (χ4v) is 2.43. The molecule has 2 aliphatic heterocycles. The Bertz CT molecular complexity index is 325. The summed E-state index contributed by atoms with van der Waals surface area (Å²) in [6.45, 7) is 1.42. The normalized spacial score (nSPS) is 22.2. The van der Waals surface area contributed by atoms with Crippen LogP contribution in [-0.4, -0.2) is 48.4 Å². The fraction of sp³-hybridized carbons (Fsp3) is 0.818. The summed E-state index contributed by atoms with van der Waals surface area (Å²) in [6, 6.07) is 0. The maximum absolute atomic E-state index is 11.7. The number of nitrogens with zero attached hydrogens (tertiary/aromatic N) is 2. The van der Waals surface area contributed by atoms with Crippen LogP contribution in [-0.2, 0) is 14.4 Å². The van der Waals surface area contributed by atoms with Crippen molar-refractivity contribution < 1.29 is 14.4 Å². The lowest BCUT2D eigenvalue weighted by Crippen LogP contribution is -2.46. The Morgan fingerprint density at radius 1 is 1.59 bits per heavy atom. The maximum atomic E-state index is 11.7. The van der Waals surface area contributed by atoms with E-state index < -0.39 is 0 Å². The van der Waals surface area contributed by atoms with Crippen LogP contribution in [0.15, 0.2) is 5.16 Å². The van der Waals surface area contributed by atoms with E-state index >= 15 is 0 Å². The first-order valence-corrected chi connectivity index (χ1v) is 6.35. The van der Waals surface area contributed by atoms with E-state index in [9.17, 15) is 4.79 Å². The summed E-state index contributed by atoms with van der Waals surface area (Å²) in [6.07, 6.45) is 2.73. The molecule has 0 aliphatic carbocycles. The number of methoxy groups -OCH3 is 1. The van der Waals surface area contributed by atoms with Crippen LogP contribution in [0.2, 0.25) is 0 Å². The van der Waals surface area contributed by atoms with Gasteiger partial charge in [-0.05, 0) is 0 Å². The highest BCUT2D eigenvalue weighted by Crippen LogP contribution is 2.34. The number of oxime groups is 1.